The zero-order chi connectivity index (χ0) is 9.30. The molecule has 1 rings (SSSR count). The van der Waals surface area contributed by atoms with E-state index in [1.54, 1.807) is 0 Å². The summed E-state index contributed by atoms with van der Waals surface area (Å²) in [6, 6.07) is 0. The maximum Gasteiger partial charge on any atom is 0.362 e. The highest BCUT2D eigenvalue weighted by molar-refractivity contribution is 7.18. The minimum absolute atomic E-state index is 0.126. The summed E-state index contributed by atoms with van der Waals surface area (Å²) in [4.78, 5) is 23.0. The fourth-order valence-corrected chi connectivity index (χ4v) is 1.23. The molecule has 0 aliphatic rings. The van der Waals surface area contributed by atoms with E-state index in [2.05, 4.69) is 4.98 Å². The first-order valence-corrected chi connectivity index (χ1v) is 3.48. The maximum atomic E-state index is 10.3. The molecule has 3 N–H and O–H groups in total. The Balaban J connectivity index is 3.26. The molecule has 0 fully saturated rings. The molecule has 0 saturated carbocycles. The van der Waals surface area contributed by atoms with Crippen molar-refractivity contribution >= 4 is 27.4 Å². The fourth-order valence-electron chi connectivity index (χ4n) is 0.591. The smallest absolute Gasteiger partial charge is 0.362 e. The third kappa shape index (κ3) is 1.32. The standard InChI is InChI=1S/C4H3N3O4S/c5-4-6-1(3(8)9)2(12-4)7(10)11/h(H2,5,6)(H,8,9). The lowest BCUT2D eigenvalue weighted by Crippen LogP contribution is -2.01. The number of nitrogen functional groups attached to an aromatic ring is 1. The number of aromatic carboxylic acids is 1. The molecule has 0 aliphatic heterocycles. The van der Waals surface area contributed by atoms with Crippen molar-refractivity contribution in [2.75, 3.05) is 5.73 Å². The van der Waals surface area contributed by atoms with Gasteiger partial charge in [0.1, 0.15) is 0 Å². The topological polar surface area (TPSA) is 119 Å². The third-order valence-corrected chi connectivity index (χ3v) is 1.83. The van der Waals surface area contributed by atoms with Crippen LogP contribution in [0.5, 0.6) is 0 Å². The van der Waals surface area contributed by atoms with Crippen LogP contribution in [0.2, 0.25) is 0 Å². The Morgan fingerprint density at radius 2 is 2.33 bits per heavy atom. The van der Waals surface area contributed by atoms with Crippen molar-refractivity contribution in [1.82, 2.24) is 4.98 Å². The normalized spacial score (nSPS) is 9.67. The van der Waals surface area contributed by atoms with Gasteiger partial charge in [0, 0.05) is 0 Å². The van der Waals surface area contributed by atoms with Crippen LogP contribution >= 0.6 is 11.3 Å². The number of nitro groups is 1. The Bertz CT molecular complexity index is 315. The van der Waals surface area contributed by atoms with E-state index in [1.165, 1.54) is 0 Å². The van der Waals surface area contributed by atoms with Crippen molar-refractivity contribution < 1.29 is 14.8 Å². The van der Waals surface area contributed by atoms with Crippen LogP contribution in [0.15, 0.2) is 0 Å². The predicted octanol–water partition coefficient (Wildman–Crippen LogP) is 0.332. The molecular weight excluding hydrogens is 186 g/mol. The zero-order valence-electron chi connectivity index (χ0n) is 5.55. The van der Waals surface area contributed by atoms with Gasteiger partial charge in [-0.15, -0.1) is 0 Å². The summed E-state index contributed by atoms with van der Waals surface area (Å²) in [6.45, 7) is 0. The van der Waals surface area contributed by atoms with E-state index in [-0.39, 0.29) is 5.13 Å². The Kier molecular flexibility index (Phi) is 1.92. The minimum Gasteiger partial charge on any atom is -0.476 e. The lowest BCUT2D eigenvalue weighted by atomic mass is 10.5. The highest BCUT2D eigenvalue weighted by atomic mass is 32.1. The molecule has 0 amide bonds. The second-order valence-corrected chi connectivity index (χ2v) is 2.78. The average Bonchev–Trinajstić information content (AvgIpc) is 2.31. The molecule has 1 aromatic heterocycles. The molecule has 7 nitrogen and oxygen atoms in total. The summed E-state index contributed by atoms with van der Waals surface area (Å²) >= 11 is 0.538. The Labute approximate surface area is 69.6 Å². The molecule has 0 saturated heterocycles. The number of carboxylic acid groups (broad SMARTS) is 1. The highest BCUT2D eigenvalue weighted by Gasteiger charge is 2.25. The Morgan fingerprint density at radius 1 is 1.75 bits per heavy atom. The first-order valence-electron chi connectivity index (χ1n) is 2.66. The summed E-state index contributed by atoms with van der Waals surface area (Å²) in [5.74, 6) is -1.45. The number of anilines is 1. The van der Waals surface area contributed by atoms with Crippen LogP contribution in [0.1, 0.15) is 10.5 Å². The van der Waals surface area contributed by atoms with Crippen LogP contribution in [0.25, 0.3) is 0 Å². The fraction of sp³-hybridized carbons (Fsp3) is 0. The zero-order valence-corrected chi connectivity index (χ0v) is 6.37. The van der Waals surface area contributed by atoms with Crippen molar-refractivity contribution in [3.8, 4) is 0 Å². The van der Waals surface area contributed by atoms with Crippen LogP contribution in [-0.2, 0) is 0 Å². The van der Waals surface area contributed by atoms with E-state index in [0.29, 0.717) is 11.3 Å². The van der Waals surface area contributed by atoms with Crippen LogP contribution in [0, 0.1) is 10.1 Å². The van der Waals surface area contributed by atoms with Gasteiger partial charge in [-0.25, -0.2) is 9.78 Å². The van der Waals surface area contributed by atoms with Gasteiger partial charge in [0.05, 0.1) is 4.92 Å². The monoisotopic (exact) mass is 189 g/mol. The first-order chi connectivity index (χ1) is 5.52. The summed E-state index contributed by atoms with van der Waals surface area (Å²) in [6.07, 6.45) is 0. The predicted molar refractivity (Wildman–Crippen MR) is 40.1 cm³/mol. The quantitative estimate of drug-likeness (QED) is 0.511. The van der Waals surface area contributed by atoms with Crippen LogP contribution < -0.4 is 5.73 Å². The van der Waals surface area contributed by atoms with Gasteiger partial charge in [-0.1, -0.05) is 0 Å². The number of rotatable bonds is 2. The highest BCUT2D eigenvalue weighted by Crippen LogP contribution is 2.27. The summed E-state index contributed by atoms with van der Waals surface area (Å²) < 4.78 is 0. The molecule has 8 heteroatoms. The lowest BCUT2D eigenvalue weighted by molar-refractivity contribution is -0.380. The second-order valence-electron chi connectivity index (χ2n) is 1.77. The average molecular weight is 189 g/mol. The first kappa shape index (κ1) is 8.40. The molecular formula is C4H3N3O4S. The number of hydrogen-bond donors (Lipinski definition) is 2. The minimum atomic E-state index is -1.45. The summed E-state index contributed by atoms with van der Waals surface area (Å²) in [5, 5.41) is 17.9. The van der Waals surface area contributed by atoms with Crippen molar-refractivity contribution in [3.05, 3.63) is 15.8 Å². The number of carbonyl (C=O) groups is 1. The second kappa shape index (κ2) is 2.74. The summed E-state index contributed by atoms with van der Waals surface area (Å²) in [7, 11) is 0. The largest absolute Gasteiger partial charge is 0.476 e. The van der Waals surface area contributed by atoms with Crippen molar-refractivity contribution in [2.45, 2.75) is 0 Å². The Morgan fingerprint density at radius 3 is 2.67 bits per heavy atom. The van der Waals surface area contributed by atoms with Gasteiger partial charge < -0.3 is 10.8 Å². The molecule has 0 atom stereocenters. The molecule has 1 aromatic rings. The van der Waals surface area contributed by atoms with Gasteiger partial charge in [-0.05, 0) is 11.3 Å². The number of thiazole rings is 1. The van der Waals surface area contributed by atoms with Crippen molar-refractivity contribution in [1.29, 1.82) is 0 Å². The van der Waals surface area contributed by atoms with E-state index < -0.39 is 21.6 Å². The molecule has 0 bridgehead atoms. The molecule has 64 valence electrons. The third-order valence-electron chi connectivity index (χ3n) is 0.994. The van der Waals surface area contributed by atoms with E-state index in [9.17, 15) is 14.9 Å². The Hall–Kier alpha value is -1.70. The van der Waals surface area contributed by atoms with E-state index >= 15 is 0 Å². The van der Waals surface area contributed by atoms with Crippen LogP contribution in [-0.4, -0.2) is 21.0 Å². The van der Waals surface area contributed by atoms with Gasteiger partial charge in [-0.2, -0.15) is 0 Å². The van der Waals surface area contributed by atoms with E-state index in [4.69, 9.17) is 10.8 Å². The van der Waals surface area contributed by atoms with E-state index in [1.807, 2.05) is 0 Å². The molecule has 0 spiro atoms. The molecule has 0 aromatic carbocycles. The van der Waals surface area contributed by atoms with Crippen LogP contribution in [0.3, 0.4) is 0 Å². The number of aromatic nitrogens is 1. The number of carboxylic acids is 1. The number of nitrogens with two attached hydrogens (primary N) is 1. The van der Waals surface area contributed by atoms with Gasteiger partial charge in [-0.3, -0.25) is 10.1 Å². The van der Waals surface area contributed by atoms with Crippen LogP contribution in [0.4, 0.5) is 10.1 Å². The van der Waals surface area contributed by atoms with Gasteiger partial charge in [0.25, 0.3) is 0 Å². The van der Waals surface area contributed by atoms with Gasteiger partial charge in [0.2, 0.25) is 5.69 Å². The van der Waals surface area contributed by atoms with E-state index in [0.717, 1.165) is 0 Å². The SMILES string of the molecule is Nc1nc(C(=O)O)c([N+](=O)[O-])s1. The van der Waals surface area contributed by atoms with Crippen molar-refractivity contribution in [3.63, 3.8) is 0 Å². The number of nitrogens with zero attached hydrogens (tertiary/aromatic N) is 2. The molecule has 0 radical (unpaired) electrons. The van der Waals surface area contributed by atoms with Gasteiger partial charge >= 0.3 is 11.0 Å². The summed E-state index contributed by atoms with van der Waals surface area (Å²) in [5.41, 5.74) is 4.49. The maximum absolute atomic E-state index is 10.3. The van der Waals surface area contributed by atoms with Gasteiger partial charge in [0.15, 0.2) is 5.13 Å². The number of hydrogen-bond acceptors (Lipinski definition) is 6. The molecule has 12 heavy (non-hydrogen) atoms. The van der Waals surface area contributed by atoms with Crippen molar-refractivity contribution in [2.24, 2.45) is 0 Å². The molecule has 0 aliphatic carbocycles. The molecule has 1 heterocycles. The molecule has 0 unspecified atom stereocenters. The lowest BCUT2D eigenvalue weighted by Gasteiger charge is -1.84.